The van der Waals surface area contributed by atoms with Crippen LogP contribution in [0.3, 0.4) is 0 Å². The molecule has 2 aromatic heterocycles. The van der Waals surface area contributed by atoms with Gasteiger partial charge in [-0.1, -0.05) is 31.9 Å². The van der Waals surface area contributed by atoms with Crippen LogP contribution in [0.5, 0.6) is 0 Å². The minimum absolute atomic E-state index is 0.144. The zero-order valence-electron chi connectivity index (χ0n) is 19.8. The molecule has 0 unspecified atom stereocenters. The molecule has 8 heteroatoms. The van der Waals surface area contributed by atoms with Gasteiger partial charge in [0.15, 0.2) is 12.4 Å². The maximum absolute atomic E-state index is 13.7. The molecule has 0 atom stereocenters. The molecule has 1 aromatic carbocycles. The number of nitrogens with one attached hydrogen (secondary N) is 1. The third kappa shape index (κ3) is 4.12. The summed E-state index contributed by atoms with van der Waals surface area (Å²) in [5.41, 5.74) is 3.34. The van der Waals surface area contributed by atoms with Crippen LogP contribution < -0.4 is 10.1 Å². The zero-order valence-corrected chi connectivity index (χ0v) is 20.6. The molecule has 3 aromatic rings. The van der Waals surface area contributed by atoms with Crippen molar-refractivity contribution >= 4 is 34.7 Å². The van der Waals surface area contributed by atoms with E-state index >= 15 is 0 Å². The number of carbonyl (C=O) groups excluding carboxylic acids is 2. The first kappa shape index (κ1) is 23.7. The number of nitrogens with zero attached hydrogens (tertiary/aromatic N) is 3. The summed E-state index contributed by atoms with van der Waals surface area (Å²) in [5.74, 6) is -0.830. The summed E-state index contributed by atoms with van der Waals surface area (Å²) >= 11 is 6.03. The molecule has 176 valence electrons. The molecule has 0 fully saturated rings. The molecule has 0 saturated carbocycles. The molecule has 0 aliphatic carbocycles. The molecule has 0 radical (unpaired) electrons. The van der Waals surface area contributed by atoms with Gasteiger partial charge in [0.2, 0.25) is 0 Å². The van der Waals surface area contributed by atoms with E-state index in [-0.39, 0.29) is 28.9 Å². The Labute approximate surface area is 203 Å². The van der Waals surface area contributed by atoms with Crippen molar-refractivity contribution in [1.29, 1.82) is 0 Å². The Morgan fingerprint density at radius 2 is 1.59 bits per heavy atom. The summed E-state index contributed by atoms with van der Waals surface area (Å²) in [6, 6.07) is 8.87. The lowest BCUT2D eigenvalue weighted by atomic mass is 10.0. The van der Waals surface area contributed by atoms with E-state index in [4.69, 9.17) is 11.6 Å². The van der Waals surface area contributed by atoms with E-state index in [1.165, 1.54) is 9.58 Å². The van der Waals surface area contributed by atoms with E-state index in [1.807, 2.05) is 46.2 Å². The Balaban J connectivity index is 2.02. The van der Waals surface area contributed by atoms with Gasteiger partial charge in [0.25, 0.3) is 17.2 Å². The summed E-state index contributed by atoms with van der Waals surface area (Å²) in [6.07, 6.45) is 5.56. The van der Waals surface area contributed by atoms with Crippen LogP contribution in [0.4, 0.5) is 0 Å². The predicted molar refractivity (Wildman–Crippen MR) is 132 cm³/mol. The van der Waals surface area contributed by atoms with Crippen molar-refractivity contribution in [2.24, 2.45) is 0 Å². The lowest BCUT2D eigenvalue weighted by Crippen LogP contribution is -2.40. The maximum atomic E-state index is 13.7. The van der Waals surface area contributed by atoms with Crippen LogP contribution in [0.25, 0.3) is 17.0 Å². The van der Waals surface area contributed by atoms with Gasteiger partial charge in [-0.2, -0.15) is 4.57 Å². The number of aryl methyl sites for hydroxylation is 3. The first-order chi connectivity index (χ1) is 16.3. The number of aromatic nitrogens is 3. The third-order valence-corrected chi connectivity index (χ3v) is 6.04. The number of rotatable bonds is 7. The highest BCUT2D eigenvalue weighted by molar-refractivity contribution is 6.44. The topological polar surface area (TPSA) is 79.1 Å². The molecule has 0 bridgehead atoms. The lowest BCUT2D eigenvalue weighted by Gasteiger charge is -2.11. The Kier molecular flexibility index (Phi) is 6.57. The van der Waals surface area contributed by atoms with Crippen molar-refractivity contribution in [3.63, 3.8) is 0 Å². The van der Waals surface area contributed by atoms with E-state index in [0.29, 0.717) is 29.2 Å². The summed E-state index contributed by atoms with van der Waals surface area (Å²) in [7, 11) is 0. The van der Waals surface area contributed by atoms with Crippen LogP contribution in [-0.2, 0) is 16.0 Å². The van der Waals surface area contributed by atoms with Gasteiger partial charge < -0.3 is 0 Å². The average molecular weight is 480 g/mol. The number of hydrogen-bond acceptors (Lipinski definition) is 3. The fourth-order valence-electron chi connectivity index (χ4n) is 4.44. The minimum atomic E-state index is -0.440. The summed E-state index contributed by atoms with van der Waals surface area (Å²) in [4.78, 5) is 42.1. The van der Waals surface area contributed by atoms with Crippen LogP contribution >= 0.6 is 11.6 Å². The number of amides is 2. The molecular weight excluding hydrogens is 452 g/mol. The summed E-state index contributed by atoms with van der Waals surface area (Å²) in [5, 5.41) is 3.73. The second kappa shape index (κ2) is 9.43. The van der Waals surface area contributed by atoms with Gasteiger partial charge >= 0.3 is 5.91 Å². The molecule has 3 heterocycles. The molecule has 7 nitrogen and oxygen atoms in total. The number of carbonyl (C=O) groups is 2. The van der Waals surface area contributed by atoms with Crippen molar-refractivity contribution in [3.05, 3.63) is 80.5 Å². The fraction of sp³-hybridized carbons (Fsp3) is 0.308. The fourth-order valence-corrected chi connectivity index (χ4v) is 4.56. The number of benzene rings is 1. The van der Waals surface area contributed by atoms with Crippen molar-refractivity contribution in [1.82, 2.24) is 14.7 Å². The van der Waals surface area contributed by atoms with E-state index in [0.717, 1.165) is 17.5 Å². The zero-order chi connectivity index (χ0) is 24.6. The molecular formula is C26H28ClN4O3+. The quantitative estimate of drug-likeness (QED) is 0.413. The Morgan fingerprint density at radius 1 is 0.941 bits per heavy atom. The first-order valence-corrected chi connectivity index (χ1v) is 11.8. The average Bonchev–Trinajstić information content (AvgIpc) is 3.22. The number of imide groups is 1. The summed E-state index contributed by atoms with van der Waals surface area (Å²) < 4.78 is 3.10. The van der Waals surface area contributed by atoms with E-state index < -0.39 is 11.8 Å². The molecule has 2 amide bonds. The minimum Gasteiger partial charge on any atom is -0.294 e. The van der Waals surface area contributed by atoms with E-state index in [9.17, 15) is 14.4 Å². The molecule has 1 N–H and O–H groups in total. The SMILES string of the molecule is CCCc1[nH]n(-c2ccc(Cl)cc2)c(=O)c1C1=C([n+]2cc(C)cc(C)c2)C(=O)N(CCC)C1=O. The van der Waals surface area contributed by atoms with Gasteiger partial charge in [0.05, 0.1) is 11.3 Å². The Morgan fingerprint density at radius 3 is 2.18 bits per heavy atom. The molecule has 0 spiro atoms. The standard InChI is InChI=1S/C26H27ClN4O3/c1-5-7-20-21(25(33)31(28-20)19-10-8-18(27)9-11-19)22-23(26(34)30(12-6-2)24(22)32)29-14-16(3)13-17(4)15-29/h8-11,13-15H,5-7,12H2,1-4H3/p+1. The van der Waals surface area contributed by atoms with Crippen LogP contribution in [0.2, 0.25) is 5.02 Å². The number of halogens is 1. The smallest absolute Gasteiger partial charge is 0.294 e. The number of pyridine rings is 1. The second-order valence-electron chi connectivity index (χ2n) is 8.62. The second-order valence-corrected chi connectivity index (χ2v) is 9.05. The van der Waals surface area contributed by atoms with E-state index in [1.54, 1.807) is 28.8 Å². The summed E-state index contributed by atoms with van der Waals surface area (Å²) in [6.45, 7) is 8.06. The number of H-pyrrole nitrogens is 1. The predicted octanol–water partition coefficient (Wildman–Crippen LogP) is 3.82. The van der Waals surface area contributed by atoms with Crippen molar-refractivity contribution in [2.45, 2.75) is 47.0 Å². The molecule has 1 aliphatic heterocycles. The normalized spacial score (nSPS) is 14.0. The number of aromatic amines is 1. The van der Waals surface area contributed by atoms with Gasteiger partial charge in [0.1, 0.15) is 5.57 Å². The maximum Gasteiger partial charge on any atom is 0.326 e. The van der Waals surface area contributed by atoms with Gasteiger partial charge in [0, 0.05) is 28.4 Å². The van der Waals surface area contributed by atoms with Crippen molar-refractivity contribution in [2.75, 3.05) is 6.54 Å². The highest BCUT2D eigenvalue weighted by atomic mass is 35.5. The van der Waals surface area contributed by atoms with Crippen LogP contribution in [0.1, 0.15) is 49.1 Å². The molecule has 0 saturated heterocycles. The third-order valence-electron chi connectivity index (χ3n) is 5.79. The lowest BCUT2D eigenvalue weighted by molar-refractivity contribution is -0.577. The van der Waals surface area contributed by atoms with Crippen molar-refractivity contribution in [3.8, 4) is 5.69 Å². The van der Waals surface area contributed by atoms with Crippen molar-refractivity contribution < 1.29 is 14.2 Å². The van der Waals surface area contributed by atoms with Crippen LogP contribution in [0, 0.1) is 13.8 Å². The van der Waals surface area contributed by atoms with E-state index in [2.05, 4.69) is 5.10 Å². The molecule has 1 aliphatic rings. The highest BCUT2D eigenvalue weighted by Gasteiger charge is 2.47. The van der Waals surface area contributed by atoms with Crippen LogP contribution in [0.15, 0.2) is 47.5 Å². The van der Waals surface area contributed by atoms with Gasteiger partial charge in [-0.15, -0.1) is 0 Å². The van der Waals surface area contributed by atoms with Gasteiger partial charge in [-0.25, -0.2) is 4.68 Å². The number of hydrogen-bond donors (Lipinski definition) is 1. The van der Waals surface area contributed by atoms with Gasteiger partial charge in [-0.05, 0) is 57.0 Å². The Hall–Kier alpha value is -3.45. The molecule has 4 rings (SSSR count). The monoisotopic (exact) mass is 479 g/mol. The highest BCUT2D eigenvalue weighted by Crippen LogP contribution is 2.31. The first-order valence-electron chi connectivity index (χ1n) is 11.5. The molecule has 34 heavy (non-hydrogen) atoms. The Bertz CT molecular complexity index is 1350. The van der Waals surface area contributed by atoms with Gasteiger partial charge in [-0.3, -0.25) is 24.4 Å². The van der Waals surface area contributed by atoms with Crippen LogP contribution in [-0.4, -0.2) is 33.0 Å². The largest absolute Gasteiger partial charge is 0.326 e.